The molecule has 15 heavy (non-hydrogen) atoms. The molecule has 0 saturated carbocycles. The van der Waals surface area contributed by atoms with Gasteiger partial charge in [0.2, 0.25) is 0 Å². The largest absolute Gasteiger partial charge is 0.467 e. The summed E-state index contributed by atoms with van der Waals surface area (Å²) in [7, 11) is 1.16. The van der Waals surface area contributed by atoms with Crippen LogP contribution in [-0.4, -0.2) is 46.9 Å². The van der Waals surface area contributed by atoms with Crippen molar-refractivity contribution >= 4 is 11.9 Å². The maximum absolute atomic E-state index is 11.3. The van der Waals surface area contributed by atoms with Gasteiger partial charge in [-0.3, -0.25) is 9.89 Å². The summed E-state index contributed by atoms with van der Waals surface area (Å²) in [4.78, 5) is 22.0. The number of amides is 1. The van der Waals surface area contributed by atoms with Gasteiger partial charge in [-0.15, -0.1) is 0 Å². The molecule has 0 saturated heterocycles. The zero-order valence-corrected chi connectivity index (χ0v) is 8.06. The standard InChI is InChI=1S/C8H11N3O4/c1-15-8(14)6(12)4-9-7(13)5-2-3-10-11-5/h2-3,6,12H,4H2,1H3,(H,9,13)(H,10,11). The van der Waals surface area contributed by atoms with Crippen molar-refractivity contribution in [3.63, 3.8) is 0 Å². The van der Waals surface area contributed by atoms with E-state index >= 15 is 0 Å². The molecular weight excluding hydrogens is 202 g/mol. The molecular formula is C8H11N3O4. The molecule has 1 amide bonds. The Hall–Kier alpha value is -1.89. The fraction of sp³-hybridized carbons (Fsp3) is 0.375. The van der Waals surface area contributed by atoms with Crippen molar-refractivity contribution in [1.29, 1.82) is 0 Å². The van der Waals surface area contributed by atoms with Crippen LogP contribution in [0.2, 0.25) is 0 Å². The fourth-order valence-corrected chi connectivity index (χ4v) is 0.886. The molecule has 7 nitrogen and oxygen atoms in total. The summed E-state index contributed by atoms with van der Waals surface area (Å²) < 4.78 is 4.27. The lowest BCUT2D eigenvalue weighted by Crippen LogP contribution is -2.37. The monoisotopic (exact) mass is 213 g/mol. The van der Waals surface area contributed by atoms with Crippen LogP contribution in [0.4, 0.5) is 0 Å². The number of rotatable bonds is 4. The lowest BCUT2D eigenvalue weighted by atomic mass is 10.3. The second kappa shape index (κ2) is 5.11. The Morgan fingerprint density at radius 2 is 2.47 bits per heavy atom. The summed E-state index contributed by atoms with van der Waals surface area (Å²) in [5.41, 5.74) is 0.257. The normalized spacial score (nSPS) is 11.9. The molecule has 0 aliphatic heterocycles. The van der Waals surface area contributed by atoms with Gasteiger partial charge in [0, 0.05) is 6.20 Å². The molecule has 0 bridgehead atoms. The van der Waals surface area contributed by atoms with Crippen LogP contribution >= 0.6 is 0 Å². The van der Waals surface area contributed by atoms with Gasteiger partial charge in [0.05, 0.1) is 13.7 Å². The third kappa shape index (κ3) is 3.06. The predicted octanol–water partition coefficient (Wildman–Crippen LogP) is -1.33. The van der Waals surface area contributed by atoms with Crippen molar-refractivity contribution in [3.8, 4) is 0 Å². The first-order chi connectivity index (χ1) is 7.15. The maximum atomic E-state index is 11.3. The lowest BCUT2D eigenvalue weighted by Gasteiger charge is -2.08. The van der Waals surface area contributed by atoms with E-state index in [1.807, 2.05) is 0 Å². The van der Waals surface area contributed by atoms with E-state index in [1.165, 1.54) is 12.3 Å². The summed E-state index contributed by atoms with van der Waals surface area (Å²) in [6.45, 7) is -0.204. The molecule has 1 atom stereocenters. The average Bonchev–Trinajstić information content (AvgIpc) is 2.77. The van der Waals surface area contributed by atoms with Gasteiger partial charge < -0.3 is 15.2 Å². The summed E-state index contributed by atoms with van der Waals surface area (Å²) in [6.07, 6.45) is 0.0629. The van der Waals surface area contributed by atoms with Gasteiger partial charge in [-0.2, -0.15) is 5.10 Å². The number of aliphatic hydroxyl groups excluding tert-OH is 1. The highest BCUT2D eigenvalue weighted by Crippen LogP contribution is 1.91. The third-order valence-corrected chi connectivity index (χ3v) is 1.67. The number of H-pyrrole nitrogens is 1. The summed E-state index contributed by atoms with van der Waals surface area (Å²) in [5.74, 6) is -1.24. The molecule has 0 radical (unpaired) electrons. The molecule has 0 spiro atoms. The highest BCUT2D eigenvalue weighted by molar-refractivity contribution is 5.92. The van der Waals surface area contributed by atoms with Crippen LogP contribution in [0, 0.1) is 0 Å². The van der Waals surface area contributed by atoms with Gasteiger partial charge in [0.25, 0.3) is 5.91 Å². The number of aliphatic hydroxyl groups is 1. The number of nitrogens with zero attached hydrogens (tertiary/aromatic N) is 1. The Balaban J connectivity index is 2.38. The van der Waals surface area contributed by atoms with Crippen LogP contribution in [-0.2, 0) is 9.53 Å². The third-order valence-electron chi connectivity index (χ3n) is 1.67. The molecule has 0 aliphatic carbocycles. The van der Waals surface area contributed by atoms with Gasteiger partial charge in [-0.1, -0.05) is 0 Å². The van der Waals surface area contributed by atoms with E-state index in [0.717, 1.165) is 7.11 Å². The van der Waals surface area contributed by atoms with E-state index in [2.05, 4.69) is 20.3 Å². The highest BCUT2D eigenvalue weighted by Gasteiger charge is 2.16. The first-order valence-corrected chi connectivity index (χ1v) is 4.18. The Labute approximate surface area is 85.4 Å². The number of methoxy groups -OCH3 is 1. The summed E-state index contributed by atoms with van der Waals surface area (Å²) >= 11 is 0. The van der Waals surface area contributed by atoms with Crippen LogP contribution in [0.25, 0.3) is 0 Å². The molecule has 0 aliphatic rings. The second-order valence-electron chi connectivity index (χ2n) is 2.72. The van der Waals surface area contributed by atoms with Crippen LogP contribution in [0.1, 0.15) is 10.5 Å². The predicted molar refractivity (Wildman–Crippen MR) is 48.9 cm³/mol. The van der Waals surface area contributed by atoms with Crippen LogP contribution in [0.3, 0.4) is 0 Å². The van der Waals surface area contributed by atoms with Gasteiger partial charge >= 0.3 is 5.97 Å². The molecule has 82 valence electrons. The molecule has 1 aromatic heterocycles. The number of hydrogen-bond donors (Lipinski definition) is 3. The smallest absolute Gasteiger partial charge is 0.336 e. The fourth-order valence-electron chi connectivity index (χ4n) is 0.886. The molecule has 0 fully saturated rings. The average molecular weight is 213 g/mol. The van der Waals surface area contributed by atoms with Crippen LogP contribution in [0.5, 0.6) is 0 Å². The second-order valence-corrected chi connectivity index (χ2v) is 2.72. The minimum Gasteiger partial charge on any atom is -0.467 e. The first kappa shape index (κ1) is 11.2. The molecule has 0 aromatic carbocycles. The Bertz CT molecular complexity index is 336. The van der Waals surface area contributed by atoms with Crippen molar-refractivity contribution in [2.75, 3.05) is 13.7 Å². The number of carbonyl (C=O) groups excluding carboxylic acids is 2. The Kier molecular flexibility index (Phi) is 3.81. The van der Waals surface area contributed by atoms with Crippen molar-refractivity contribution in [2.45, 2.75) is 6.10 Å². The number of ether oxygens (including phenoxy) is 1. The van der Waals surface area contributed by atoms with Crippen molar-refractivity contribution < 1.29 is 19.4 Å². The number of esters is 1. The number of carbonyl (C=O) groups is 2. The Morgan fingerprint density at radius 1 is 1.73 bits per heavy atom. The van der Waals surface area contributed by atoms with E-state index in [0.29, 0.717) is 0 Å². The maximum Gasteiger partial charge on any atom is 0.336 e. The number of aromatic amines is 1. The van der Waals surface area contributed by atoms with Crippen molar-refractivity contribution in [2.24, 2.45) is 0 Å². The number of nitrogens with one attached hydrogen (secondary N) is 2. The minimum atomic E-state index is -1.36. The molecule has 1 rings (SSSR count). The molecule has 1 heterocycles. The van der Waals surface area contributed by atoms with Crippen molar-refractivity contribution in [1.82, 2.24) is 15.5 Å². The molecule has 1 unspecified atom stereocenters. The van der Waals surface area contributed by atoms with E-state index in [1.54, 1.807) is 0 Å². The minimum absolute atomic E-state index is 0.204. The number of aromatic nitrogens is 2. The van der Waals surface area contributed by atoms with Gasteiger partial charge in [0.15, 0.2) is 6.10 Å². The van der Waals surface area contributed by atoms with E-state index < -0.39 is 18.0 Å². The molecule has 3 N–H and O–H groups in total. The summed E-state index contributed by atoms with van der Waals surface area (Å²) in [6, 6.07) is 1.47. The van der Waals surface area contributed by atoms with E-state index in [-0.39, 0.29) is 12.2 Å². The van der Waals surface area contributed by atoms with Crippen LogP contribution in [0.15, 0.2) is 12.3 Å². The van der Waals surface area contributed by atoms with Crippen molar-refractivity contribution in [3.05, 3.63) is 18.0 Å². The first-order valence-electron chi connectivity index (χ1n) is 4.18. The van der Waals surface area contributed by atoms with Crippen LogP contribution < -0.4 is 5.32 Å². The zero-order chi connectivity index (χ0) is 11.3. The molecule has 1 aromatic rings. The van der Waals surface area contributed by atoms with Gasteiger partial charge in [-0.25, -0.2) is 4.79 Å². The Morgan fingerprint density at radius 3 is 3.00 bits per heavy atom. The summed E-state index contributed by atoms with van der Waals surface area (Å²) in [5, 5.41) is 17.5. The topological polar surface area (TPSA) is 104 Å². The van der Waals surface area contributed by atoms with Gasteiger partial charge in [0.1, 0.15) is 5.69 Å². The lowest BCUT2D eigenvalue weighted by molar-refractivity contribution is -0.149. The SMILES string of the molecule is COC(=O)C(O)CNC(=O)c1ccn[nH]1. The highest BCUT2D eigenvalue weighted by atomic mass is 16.5. The number of hydrogen-bond acceptors (Lipinski definition) is 5. The quantitative estimate of drug-likeness (QED) is 0.538. The molecule has 7 heteroatoms. The van der Waals surface area contributed by atoms with Gasteiger partial charge in [-0.05, 0) is 6.07 Å². The van der Waals surface area contributed by atoms with E-state index in [4.69, 9.17) is 5.11 Å². The van der Waals surface area contributed by atoms with E-state index in [9.17, 15) is 9.59 Å². The zero-order valence-electron chi connectivity index (χ0n) is 8.06.